The minimum absolute atomic E-state index is 0.0799. The zero-order valence-electron chi connectivity index (χ0n) is 14.9. The molecule has 0 spiro atoms. The van der Waals surface area contributed by atoms with Crippen molar-refractivity contribution in [2.75, 3.05) is 26.2 Å². The average molecular weight is 358 g/mol. The molecular weight excluding hydrogens is 330 g/mol. The van der Waals surface area contributed by atoms with Crippen molar-refractivity contribution in [3.05, 3.63) is 58.3 Å². The zero-order valence-corrected chi connectivity index (χ0v) is 15.7. The maximum Gasteiger partial charge on any atom is 0.317 e. The molecule has 1 fully saturated rings. The Balaban J connectivity index is 1.37. The first kappa shape index (κ1) is 18.0. The first-order valence-electron chi connectivity index (χ1n) is 9.05. The van der Waals surface area contributed by atoms with Crippen molar-refractivity contribution in [1.82, 2.24) is 15.1 Å². The lowest BCUT2D eigenvalue weighted by atomic mass is 10.1. The van der Waals surface area contributed by atoms with Gasteiger partial charge in [0, 0.05) is 43.6 Å². The van der Waals surface area contributed by atoms with Crippen molar-refractivity contribution < 1.29 is 4.79 Å². The van der Waals surface area contributed by atoms with Gasteiger partial charge in [0.05, 0.1) is 0 Å². The number of carbonyl (C=O) groups excluding carboxylic acids is 1. The first-order valence-corrected chi connectivity index (χ1v) is 9.93. The van der Waals surface area contributed by atoms with Crippen molar-refractivity contribution in [2.45, 2.75) is 32.4 Å². The maximum absolute atomic E-state index is 12.4. The number of benzene rings is 1. The van der Waals surface area contributed by atoms with Crippen LogP contribution in [0, 0.1) is 0 Å². The van der Waals surface area contributed by atoms with E-state index >= 15 is 0 Å². The van der Waals surface area contributed by atoms with Crippen LogP contribution in [0.5, 0.6) is 0 Å². The Morgan fingerprint density at radius 2 is 1.88 bits per heavy atom. The second-order valence-electron chi connectivity index (χ2n) is 6.72. The molecule has 0 bridgehead atoms. The standard InChI is InChI=1S/C20H27N3OS/c1-17(9-10-18-6-3-2-4-7-18)21-20(24)23-13-11-22(12-14-23)16-19-8-5-15-25-19/h2-8,15,17H,9-14,16H2,1H3,(H,21,24)/t17-/m0/s1. The molecule has 3 rings (SSSR count). The minimum Gasteiger partial charge on any atom is -0.336 e. The third-order valence-electron chi connectivity index (χ3n) is 4.70. The molecule has 1 aromatic heterocycles. The Bertz CT molecular complexity index is 636. The van der Waals surface area contributed by atoms with Crippen LogP contribution in [0.25, 0.3) is 0 Å². The monoisotopic (exact) mass is 357 g/mol. The number of urea groups is 1. The fourth-order valence-corrected chi connectivity index (χ4v) is 3.88. The summed E-state index contributed by atoms with van der Waals surface area (Å²) in [5.74, 6) is 0. The number of carbonyl (C=O) groups is 1. The van der Waals surface area contributed by atoms with E-state index in [0.717, 1.165) is 45.6 Å². The van der Waals surface area contributed by atoms with Crippen LogP contribution in [0.2, 0.25) is 0 Å². The van der Waals surface area contributed by atoms with Crippen molar-refractivity contribution >= 4 is 17.4 Å². The van der Waals surface area contributed by atoms with Gasteiger partial charge in [0.1, 0.15) is 0 Å². The molecule has 1 atom stereocenters. The number of nitrogens with zero attached hydrogens (tertiary/aromatic N) is 2. The van der Waals surface area contributed by atoms with E-state index in [1.54, 1.807) is 11.3 Å². The molecule has 1 aliphatic rings. The molecule has 25 heavy (non-hydrogen) atoms. The highest BCUT2D eigenvalue weighted by Crippen LogP contribution is 2.13. The van der Waals surface area contributed by atoms with Crippen LogP contribution in [0.1, 0.15) is 23.8 Å². The molecule has 0 saturated carbocycles. The number of aryl methyl sites for hydroxylation is 1. The van der Waals surface area contributed by atoms with Gasteiger partial charge in [0.2, 0.25) is 0 Å². The summed E-state index contributed by atoms with van der Waals surface area (Å²) < 4.78 is 0. The van der Waals surface area contributed by atoms with Gasteiger partial charge in [-0.05, 0) is 36.8 Å². The number of hydrogen-bond donors (Lipinski definition) is 1. The number of rotatable bonds is 6. The van der Waals surface area contributed by atoms with E-state index in [0.29, 0.717) is 0 Å². The number of hydrogen-bond acceptors (Lipinski definition) is 3. The third kappa shape index (κ3) is 5.58. The van der Waals surface area contributed by atoms with Crippen LogP contribution in [0.3, 0.4) is 0 Å². The molecule has 2 heterocycles. The highest BCUT2D eigenvalue weighted by Gasteiger charge is 2.22. The van der Waals surface area contributed by atoms with Crippen molar-refractivity contribution in [2.24, 2.45) is 0 Å². The summed E-state index contributed by atoms with van der Waals surface area (Å²) in [5, 5.41) is 5.27. The topological polar surface area (TPSA) is 35.6 Å². The molecule has 2 aromatic rings. The van der Waals surface area contributed by atoms with Gasteiger partial charge in [0.25, 0.3) is 0 Å². The van der Waals surface area contributed by atoms with Gasteiger partial charge < -0.3 is 10.2 Å². The first-order chi connectivity index (χ1) is 12.2. The van der Waals surface area contributed by atoms with E-state index < -0.39 is 0 Å². The summed E-state index contributed by atoms with van der Waals surface area (Å²) in [6, 6.07) is 15.0. The minimum atomic E-state index is 0.0799. The van der Waals surface area contributed by atoms with Gasteiger partial charge in [-0.25, -0.2) is 4.79 Å². The van der Waals surface area contributed by atoms with Crippen molar-refractivity contribution in [1.29, 1.82) is 0 Å². The SMILES string of the molecule is C[C@@H](CCc1ccccc1)NC(=O)N1CCN(Cc2cccs2)CC1. The molecule has 1 aliphatic heterocycles. The predicted molar refractivity (Wildman–Crippen MR) is 104 cm³/mol. The fourth-order valence-electron chi connectivity index (χ4n) is 3.13. The summed E-state index contributed by atoms with van der Waals surface area (Å²) in [4.78, 5) is 18.2. The summed E-state index contributed by atoms with van der Waals surface area (Å²) in [7, 11) is 0. The van der Waals surface area contributed by atoms with E-state index in [1.807, 2.05) is 11.0 Å². The Labute approximate surface area is 154 Å². The lowest BCUT2D eigenvalue weighted by molar-refractivity contribution is 0.134. The fraction of sp³-hybridized carbons (Fsp3) is 0.450. The van der Waals surface area contributed by atoms with Gasteiger partial charge in [-0.15, -0.1) is 11.3 Å². The molecule has 1 aromatic carbocycles. The van der Waals surface area contributed by atoms with Crippen LogP contribution >= 0.6 is 11.3 Å². The van der Waals surface area contributed by atoms with Gasteiger partial charge in [-0.2, -0.15) is 0 Å². The quantitative estimate of drug-likeness (QED) is 0.857. The summed E-state index contributed by atoms with van der Waals surface area (Å²) in [6.07, 6.45) is 1.96. The molecule has 0 radical (unpaired) electrons. The van der Waals surface area contributed by atoms with Gasteiger partial charge in [-0.3, -0.25) is 4.90 Å². The van der Waals surface area contributed by atoms with E-state index in [1.165, 1.54) is 10.4 Å². The number of amides is 2. The van der Waals surface area contributed by atoms with Crippen molar-refractivity contribution in [3.8, 4) is 0 Å². The van der Waals surface area contributed by atoms with Crippen LogP contribution < -0.4 is 5.32 Å². The van der Waals surface area contributed by atoms with Crippen LogP contribution in [0.4, 0.5) is 4.79 Å². The molecule has 5 heteroatoms. The summed E-state index contributed by atoms with van der Waals surface area (Å²) in [6.45, 7) is 6.60. The van der Waals surface area contributed by atoms with Crippen LogP contribution in [-0.4, -0.2) is 48.1 Å². The zero-order chi connectivity index (χ0) is 17.5. The highest BCUT2D eigenvalue weighted by atomic mass is 32.1. The van der Waals surface area contributed by atoms with Gasteiger partial charge in [0.15, 0.2) is 0 Å². The molecule has 2 amide bonds. The van der Waals surface area contributed by atoms with E-state index in [2.05, 4.69) is 58.9 Å². The molecule has 0 aliphatic carbocycles. The summed E-state index contributed by atoms with van der Waals surface area (Å²) >= 11 is 1.80. The predicted octanol–water partition coefficient (Wildman–Crippen LogP) is 3.60. The Morgan fingerprint density at radius 1 is 1.12 bits per heavy atom. The number of piperazine rings is 1. The van der Waals surface area contributed by atoms with Gasteiger partial charge >= 0.3 is 6.03 Å². The Hall–Kier alpha value is -1.85. The summed E-state index contributed by atoms with van der Waals surface area (Å²) in [5.41, 5.74) is 1.32. The molecule has 1 N–H and O–H groups in total. The molecule has 0 unspecified atom stereocenters. The third-order valence-corrected chi connectivity index (χ3v) is 5.56. The molecule has 1 saturated heterocycles. The van der Waals surface area contributed by atoms with Crippen molar-refractivity contribution in [3.63, 3.8) is 0 Å². The second-order valence-corrected chi connectivity index (χ2v) is 7.75. The number of thiophene rings is 1. The van der Waals surface area contributed by atoms with E-state index in [4.69, 9.17) is 0 Å². The lowest BCUT2D eigenvalue weighted by Crippen LogP contribution is -2.52. The lowest BCUT2D eigenvalue weighted by Gasteiger charge is -2.35. The molecule has 4 nitrogen and oxygen atoms in total. The maximum atomic E-state index is 12.4. The average Bonchev–Trinajstić information content (AvgIpc) is 3.14. The van der Waals surface area contributed by atoms with Crippen LogP contribution in [-0.2, 0) is 13.0 Å². The molecule has 134 valence electrons. The largest absolute Gasteiger partial charge is 0.336 e. The second kappa shape index (κ2) is 9.02. The van der Waals surface area contributed by atoms with Crippen LogP contribution in [0.15, 0.2) is 47.8 Å². The smallest absolute Gasteiger partial charge is 0.317 e. The van der Waals surface area contributed by atoms with E-state index in [-0.39, 0.29) is 12.1 Å². The molecular formula is C20H27N3OS. The van der Waals surface area contributed by atoms with Gasteiger partial charge in [-0.1, -0.05) is 36.4 Å². The normalized spacial score (nSPS) is 16.6. The number of nitrogens with one attached hydrogen (secondary N) is 1. The Morgan fingerprint density at radius 3 is 2.56 bits per heavy atom. The Kier molecular flexibility index (Phi) is 6.48. The highest BCUT2D eigenvalue weighted by molar-refractivity contribution is 7.09. The van der Waals surface area contributed by atoms with E-state index in [9.17, 15) is 4.79 Å².